The first kappa shape index (κ1) is 11.3. The van der Waals surface area contributed by atoms with Crippen molar-refractivity contribution in [2.24, 2.45) is 5.10 Å². The van der Waals surface area contributed by atoms with Crippen LogP contribution in [0.25, 0.3) is 0 Å². The van der Waals surface area contributed by atoms with E-state index in [2.05, 4.69) is 15.4 Å². The van der Waals surface area contributed by atoms with Gasteiger partial charge in [0.25, 0.3) is 5.91 Å². The maximum absolute atomic E-state index is 11.8. The molecule has 2 rings (SSSR count). The number of carbonyl (C=O) groups excluding carboxylic acids is 2. The van der Waals surface area contributed by atoms with Crippen molar-refractivity contribution in [1.82, 2.24) is 9.99 Å². The Labute approximate surface area is 98.3 Å². The number of pyridine rings is 1. The van der Waals surface area contributed by atoms with E-state index >= 15 is 0 Å². The fourth-order valence-electron chi connectivity index (χ4n) is 1.47. The molecule has 1 aliphatic heterocycles. The minimum atomic E-state index is -0.282. The number of carbonyl (C=O) groups is 2. The van der Waals surface area contributed by atoms with Gasteiger partial charge in [-0.15, -0.1) is 0 Å². The van der Waals surface area contributed by atoms with Crippen molar-refractivity contribution >= 4 is 23.2 Å². The third-order valence-electron chi connectivity index (χ3n) is 2.41. The van der Waals surface area contributed by atoms with Crippen LogP contribution in [0.15, 0.2) is 29.6 Å². The first-order valence-electron chi connectivity index (χ1n) is 5.22. The highest BCUT2D eigenvalue weighted by Crippen LogP contribution is 2.09. The van der Waals surface area contributed by atoms with Crippen molar-refractivity contribution in [2.45, 2.75) is 12.8 Å². The number of hydrogen-bond donors (Lipinski definition) is 1. The van der Waals surface area contributed by atoms with E-state index in [0.29, 0.717) is 24.2 Å². The SMILES string of the molecule is CN1N=C(C(=O)Nc2ccncc2)CCC1=O. The molecule has 0 aliphatic carbocycles. The molecule has 0 atom stereocenters. The zero-order valence-corrected chi connectivity index (χ0v) is 9.38. The first-order chi connectivity index (χ1) is 8.16. The van der Waals surface area contributed by atoms with Crippen LogP contribution in [-0.4, -0.2) is 34.6 Å². The van der Waals surface area contributed by atoms with E-state index in [-0.39, 0.29) is 11.8 Å². The molecule has 6 nitrogen and oxygen atoms in total. The van der Waals surface area contributed by atoms with Crippen molar-refractivity contribution in [2.75, 3.05) is 12.4 Å². The van der Waals surface area contributed by atoms with Gasteiger partial charge in [-0.25, -0.2) is 5.01 Å². The molecule has 0 bridgehead atoms. The molecule has 0 saturated carbocycles. The van der Waals surface area contributed by atoms with Crippen molar-refractivity contribution in [3.8, 4) is 0 Å². The van der Waals surface area contributed by atoms with Gasteiger partial charge < -0.3 is 5.32 Å². The number of anilines is 1. The molecule has 0 spiro atoms. The highest BCUT2D eigenvalue weighted by atomic mass is 16.2. The summed E-state index contributed by atoms with van der Waals surface area (Å²) in [4.78, 5) is 26.9. The number of hydrogen-bond acceptors (Lipinski definition) is 4. The molecule has 88 valence electrons. The molecule has 17 heavy (non-hydrogen) atoms. The summed E-state index contributed by atoms with van der Waals surface area (Å²) < 4.78 is 0. The lowest BCUT2D eigenvalue weighted by Crippen LogP contribution is -2.34. The van der Waals surface area contributed by atoms with Crippen LogP contribution >= 0.6 is 0 Å². The molecule has 6 heteroatoms. The fraction of sp³-hybridized carbons (Fsp3) is 0.273. The van der Waals surface area contributed by atoms with Crippen LogP contribution in [0.3, 0.4) is 0 Å². The van der Waals surface area contributed by atoms with Crippen molar-refractivity contribution in [3.63, 3.8) is 0 Å². The fourth-order valence-corrected chi connectivity index (χ4v) is 1.47. The minimum Gasteiger partial charge on any atom is -0.321 e. The molecule has 0 unspecified atom stereocenters. The Hall–Kier alpha value is -2.24. The molecule has 2 amide bonds. The topological polar surface area (TPSA) is 74.7 Å². The smallest absolute Gasteiger partial charge is 0.271 e. The number of nitrogens with one attached hydrogen (secondary N) is 1. The number of rotatable bonds is 2. The standard InChI is InChI=1S/C11H12N4O2/c1-15-10(16)3-2-9(14-15)11(17)13-8-4-6-12-7-5-8/h4-7H,2-3H2,1H3,(H,12,13,17). The van der Waals surface area contributed by atoms with Crippen LogP contribution in [0.1, 0.15) is 12.8 Å². The van der Waals surface area contributed by atoms with Gasteiger partial charge in [-0.1, -0.05) is 0 Å². The summed E-state index contributed by atoms with van der Waals surface area (Å²) in [5, 5.41) is 7.83. The Balaban J connectivity index is 2.07. The summed E-state index contributed by atoms with van der Waals surface area (Å²) in [6.45, 7) is 0. The summed E-state index contributed by atoms with van der Waals surface area (Å²) >= 11 is 0. The van der Waals surface area contributed by atoms with Gasteiger partial charge in [0, 0.05) is 38.0 Å². The maximum Gasteiger partial charge on any atom is 0.271 e. The Kier molecular flexibility index (Phi) is 3.13. The molecular formula is C11H12N4O2. The van der Waals surface area contributed by atoms with E-state index in [1.54, 1.807) is 31.6 Å². The van der Waals surface area contributed by atoms with E-state index in [9.17, 15) is 9.59 Å². The van der Waals surface area contributed by atoms with Gasteiger partial charge in [-0.3, -0.25) is 14.6 Å². The zero-order valence-electron chi connectivity index (χ0n) is 9.38. The van der Waals surface area contributed by atoms with Crippen LogP contribution in [-0.2, 0) is 9.59 Å². The first-order valence-corrected chi connectivity index (χ1v) is 5.22. The zero-order chi connectivity index (χ0) is 12.3. The molecule has 1 aromatic rings. The van der Waals surface area contributed by atoms with Gasteiger partial charge in [-0.2, -0.15) is 5.10 Å². The molecule has 1 aliphatic rings. The summed E-state index contributed by atoms with van der Waals surface area (Å²) in [6.07, 6.45) is 3.88. The monoisotopic (exact) mass is 232 g/mol. The van der Waals surface area contributed by atoms with Crippen molar-refractivity contribution in [3.05, 3.63) is 24.5 Å². The Bertz CT molecular complexity index is 470. The highest BCUT2D eigenvalue weighted by Gasteiger charge is 2.21. The second-order valence-corrected chi connectivity index (χ2v) is 3.65. The maximum atomic E-state index is 11.8. The van der Waals surface area contributed by atoms with E-state index in [1.165, 1.54) is 5.01 Å². The lowest BCUT2D eigenvalue weighted by Gasteiger charge is -2.18. The van der Waals surface area contributed by atoms with Gasteiger partial charge in [-0.05, 0) is 12.1 Å². The van der Waals surface area contributed by atoms with Gasteiger partial charge >= 0.3 is 0 Å². The molecule has 1 aromatic heterocycles. The largest absolute Gasteiger partial charge is 0.321 e. The number of aromatic nitrogens is 1. The van der Waals surface area contributed by atoms with Crippen LogP contribution < -0.4 is 5.32 Å². The molecular weight excluding hydrogens is 220 g/mol. The lowest BCUT2D eigenvalue weighted by atomic mass is 10.1. The number of nitrogens with zero attached hydrogens (tertiary/aromatic N) is 3. The quantitative estimate of drug-likeness (QED) is 0.812. The van der Waals surface area contributed by atoms with Gasteiger partial charge in [0.1, 0.15) is 5.71 Å². The molecule has 2 heterocycles. The Morgan fingerprint density at radius 3 is 2.71 bits per heavy atom. The van der Waals surface area contributed by atoms with E-state index in [1.807, 2.05) is 0 Å². The van der Waals surface area contributed by atoms with Crippen LogP contribution in [0.4, 0.5) is 5.69 Å². The van der Waals surface area contributed by atoms with E-state index < -0.39 is 0 Å². The number of amides is 2. The highest BCUT2D eigenvalue weighted by molar-refractivity contribution is 6.43. The van der Waals surface area contributed by atoms with Crippen molar-refractivity contribution < 1.29 is 9.59 Å². The van der Waals surface area contributed by atoms with Crippen LogP contribution in [0.2, 0.25) is 0 Å². The van der Waals surface area contributed by atoms with Gasteiger partial charge in [0.05, 0.1) is 0 Å². The van der Waals surface area contributed by atoms with Crippen molar-refractivity contribution in [1.29, 1.82) is 0 Å². The summed E-state index contributed by atoms with van der Waals surface area (Å²) in [5.41, 5.74) is 1.02. The van der Waals surface area contributed by atoms with Crippen LogP contribution in [0, 0.1) is 0 Å². The summed E-state index contributed by atoms with van der Waals surface area (Å²) in [5.74, 6) is -0.360. The Morgan fingerprint density at radius 2 is 2.06 bits per heavy atom. The summed E-state index contributed by atoms with van der Waals surface area (Å²) in [7, 11) is 1.54. The molecule has 0 radical (unpaired) electrons. The average molecular weight is 232 g/mol. The molecule has 1 N–H and O–H groups in total. The second kappa shape index (κ2) is 4.73. The van der Waals surface area contributed by atoms with Gasteiger partial charge in [0.15, 0.2) is 0 Å². The predicted octanol–water partition coefficient (Wildman–Crippen LogP) is 0.628. The summed E-state index contributed by atoms with van der Waals surface area (Å²) in [6, 6.07) is 3.38. The average Bonchev–Trinajstić information content (AvgIpc) is 2.34. The van der Waals surface area contributed by atoms with Crippen LogP contribution in [0.5, 0.6) is 0 Å². The molecule has 0 saturated heterocycles. The third-order valence-corrected chi connectivity index (χ3v) is 2.41. The lowest BCUT2D eigenvalue weighted by molar-refractivity contribution is -0.130. The predicted molar refractivity (Wildman–Crippen MR) is 62.3 cm³/mol. The molecule has 0 fully saturated rings. The normalized spacial score (nSPS) is 15.5. The van der Waals surface area contributed by atoms with Gasteiger partial charge in [0.2, 0.25) is 5.91 Å². The minimum absolute atomic E-state index is 0.0783. The van der Waals surface area contributed by atoms with E-state index in [0.717, 1.165) is 0 Å². The number of hydrazone groups is 1. The van der Waals surface area contributed by atoms with E-state index in [4.69, 9.17) is 0 Å². The molecule has 0 aromatic carbocycles. The Morgan fingerprint density at radius 1 is 1.35 bits per heavy atom. The third kappa shape index (κ3) is 2.66. The second-order valence-electron chi connectivity index (χ2n) is 3.65.